The fourth-order valence-electron chi connectivity index (χ4n) is 2.63. The summed E-state index contributed by atoms with van der Waals surface area (Å²) in [4.78, 5) is 0. The smallest absolute Gasteiger partial charge is 0.119 e. The van der Waals surface area contributed by atoms with E-state index in [-0.39, 0.29) is 0 Å². The summed E-state index contributed by atoms with van der Waals surface area (Å²) >= 11 is 0. The number of rotatable bonds is 9. The zero-order chi connectivity index (χ0) is 16.5. The van der Waals surface area contributed by atoms with E-state index >= 15 is 0 Å². The Bertz CT molecular complexity index is 580. The summed E-state index contributed by atoms with van der Waals surface area (Å²) in [5, 5.41) is 0. The summed E-state index contributed by atoms with van der Waals surface area (Å²) in [6.45, 7) is 3.49. The highest BCUT2D eigenvalue weighted by Gasteiger charge is 2.10. The molecule has 23 heavy (non-hydrogen) atoms. The predicted molar refractivity (Wildman–Crippen MR) is 95.3 cm³/mol. The molecule has 0 fully saturated rings. The van der Waals surface area contributed by atoms with Crippen LogP contribution in [0.5, 0.6) is 11.5 Å². The maximum atomic E-state index is 5.94. The van der Waals surface area contributed by atoms with E-state index in [9.17, 15) is 0 Å². The van der Waals surface area contributed by atoms with Gasteiger partial charge in [-0.15, -0.1) is 0 Å². The highest BCUT2D eigenvalue weighted by Crippen LogP contribution is 2.24. The van der Waals surface area contributed by atoms with Gasteiger partial charge in [-0.05, 0) is 68.5 Å². The molecule has 2 aromatic rings. The Kier molecular flexibility index (Phi) is 6.95. The topological polar surface area (TPSA) is 44.5 Å². The second kappa shape index (κ2) is 9.21. The third-order valence-electron chi connectivity index (χ3n) is 4.09. The van der Waals surface area contributed by atoms with Gasteiger partial charge in [0.2, 0.25) is 0 Å². The average Bonchev–Trinajstić information content (AvgIpc) is 2.59. The van der Waals surface area contributed by atoms with Crippen molar-refractivity contribution in [2.45, 2.75) is 32.1 Å². The molecule has 3 nitrogen and oxygen atoms in total. The quantitative estimate of drug-likeness (QED) is 0.702. The summed E-state index contributed by atoms with van der Waals surface area (Å²) in [5.74, 6) is 2.21. The summed E-state index contributed by atoms with van der Waals surface area (Å²) in [6.07, 6.45) is 3.21. The van der Waals surface area contributed by atoms with Gasteiger partial charge in [-0.3, -0.25) is 0 Å². The molecule has 2 rings (SSSR count). The van der Waals surface area contributed by atoms with Crippen molar-refractivity contribution in [2.24, 2.45) is 5.73 Å². The zero-order valence-corrected chi connectivity index (χ0v) is 14.1. The predicted octanol–water partition coefficient (Wildman–Crippen LogP) is 4.30. The fraction of sp³-hybridized carbons (Fsp3) is 0.400. The van der Waals surface area contributed by atoms with Gasteiger partial charge in [0.1, 0.15) is 11.5 Å². The summed E-state index contributed by atoms with van der Waals surface area (Å²) in [5.41, 5.74) is 8.45. The molecule has 0 heterocycles. The van der Waals surface area contributed by atoms with Crippen LogP contribution in [0.4, 0.5) is 0 Å². The molecule has 0 aliphatic rings. The van der Waals surface area contributed by atoms with Gasteiger partial charge >= 0.3 is 0 Å². The van der Waals surface area contributed by atoms with Crippen LogP contribution in [0.15, 0.2) is 48.5 Å². The Labute approximate surface area is 139 Å². The van der Waals surface area contributed by atoms with Crippen LogP contribution in [0.3, 0.4) is 0 Å². The summed E-state index contributed by atoms with van der Waals surface area (Å²) in [6, 6.07) is 16.4. The van der Waals surface area contributed by atoms with Crippen molar-refractivity contribution >= 4 is 0 Å². The first-order valence-corrected chi connectivity index (χ1v) is 8.26. The third-order valence-corrected chi connectivity index (χ3v) is 4.09. The van der Waals surface area contributed by atoms with Crippen LogP contribution in [0.2, 0.25) is 0 Å². The molecule has 0 spiro atoms. The number of aryl methyl sites for hydroxylation is 1. The van der Waals surface area contributed by atoms with E-state index in [0.29, 0.717) is 12.5 Å². The van der Waals surface area contributed by atoms with E-state index in [2.05, 4.69) is 31.2 Å². The van der Waals surface area contributed by atoms with E-state index in [1.54, 1.807) is 7.11 Å². The molecule has 1 unspecified atom stereocenters. The zero-order valence-electron chi connectivity index (χ0n) is 14.1. The van der Waals surface area contributed by atoms with Crippen LogP contribution < -0.4 is 15.2 Å². The van der Waals surface area contributed by atoms with Gasteiger partial charge < -0.3 is 15.2 Å². The molecule has 0 saturated carbocycles. The van der Waals surface area contributed by atoms with Gasteiger partial charge in [0.25, 0.3) is 0 Å². The molecule has 124 valence electrons. The second-order valence-electron chi connectivity index (χ2n) is 5.87. The molecule has 0 bridgehead atoms. The number of methoxy groups -OCH3 is 1. The van der Waals surface area contributed by atoms with Crippen LogP contribution >= 0.6 is 0 Å². The van der Waals surface area contributed by atoms with Crippen molar-refractivity contribution in [2.75, 3.05) is 20.3 Å². The number of hydrogen-bond acceptors (Lipinski definition) is 3. The first kappa shape index (κ1) is 17.4. The van der Waals surface area contributed by atoms with Crippen molar-refractivity contribution in [3.63, 3.8) is 0 Å². The number of hydrogen-bond donors (Lipinski definition) is 1. The molecule has 0 radical (unpaired) electrons. The van der Waals surface area contributed by atoms with E-state index in [1.807, 2.05) is 24.3 Å². The molecule has 3 heteroatoms. The first-order chi connectivity index (χ1) is 11.2. The average molecular weight is 313 g/mol. The Hall–Kier alpha value is -2.00. The minimum atomic E-state index is 0.379. The molecule has 1 atom stereocenters. The molecule has 0 aliphatic carbocycles. The van der Waals surface area contributed by atoms with Crippen molar-refractivity contribution in [1.29, 1.82) is 0 Å². The Morgan fingerprint density at radius 3 is 2.48 bits per heavy atom. The van der Waals surface area contributed by atoms with Crippen LogP contribution in [-0.4, -0.2) is 20.3 Å². The van der Waals surface area contributed by atoms with Crippen molar-refractivity contribution in [1.82, 2.24) is 0 Å². The van der Waals surface area contributed by atoms with Crippen LogP contribution in [0.1, 0.15) is 36.3 Å². The van der Waals surface area contributed by atoms with Gasteiger partial charge in [-0.1, -0.05) is 29.8 Å². The number of unbranched alkanes of at least 4 members (excludes halogenated alkanes) is 1. The Morgan fingerprint density at radius 2 is 1.78 bits per heavy atom. The standard InChI is InChI=1S/C20H27NO2/c1-16-9-11-19(12-10-16)23-13-4-3-6-18(15-21)17-7-5-8-20(14-17)22-2/h5,7-12,14,18H,3-4,6,13,15,21H2,1-2H3. The van der Waals surface area contributed by atoms with E-state index in [0.717, 1.165) is 37.4 Å². The summed E-state index contributed by atoms with van der Waals surface area (Å²) in [7, 11) is 1.69. The molecular weight excluding hydrogens is 286 g/mol. The van der Waals surface area contributed by atoms with Crippen molar-refractivity contribution in [3.8, 4) is 11.5 Å². The SMILES string of the molecule is COc1cccc(C(CN)CCCCOc2ccc(C)cc2)c1. The monoisotopic (exact) mass is 313 g/mol. The highest BCUT2D eigenvalue weighted by atomic mass is 16.5. The van der Waals surface area contributed by atoms with Gasteiger partial charge in [0, 0.05) is 0 Å². The normalized spacial score (nSPS) is 12.0. The molecule has 0 saturated heterocycles. The molecule has 0 aromatic heterocycles. The van der Waals surface area contributed by atoms with Crippen LogP contribution in [0.25, 0.3) is 0 Å². The Balaban J connectivity index is 1.74. The lowest BCUT2D eigenvalue weighted by Gasteiger charge is -2.16. The van der Waals surface area contributed by atoms with Crippen molar-refractivity contribution in [3.05, 3.63) is 59.7 Å². The molecule has 2 aromatic carbocycles. The van der Waals surface area contributed by atoms with Gasteiger partial charge in [-0.2, -0.15) is 0 Å². The lowest BCUT2D eigenvalue weighted by molar-refractivity contribution is 0.303. The minimum absolute atomic E-state index is 0.379. The van der Waals surface area contributed by atoms with Gasteiger partial charge in [-0.25, -0.2) is 0 Å². The van der Waals surface area contributed by atoms with E-state index in [4.69, 9.17) is 15.2 Å². The van der Waals surface area contributed by atoms with Gasteiger partial charge in [0.05, 0.1) is 13.7 Å². The number of ether oxygens (including phenoxy) is 2. The number of benzene rings is 2. The van der Waals surface area contributed by atoms with E-state index < -0.39 is 0 Å². The number of nitrogens with two attached hydrogens (primary N) is 1. The van der Waals surface area contributed by atoms with E-state index in [1.165, 1.54) is 11.1 Å². The van der Waals surface area contributed by atoms with Crippen molar-refractivity contribution < 1.29 is 9.47 Å². The fourth-order valence-corrected chi connectivity index (χ4v) is 2.63. The first-order valence-electron chi connectivity index (χ1n) is 8.26. The van der Waals surface area contributed by atoms with Crippen LogP contribution in [0, 0.1) is 6.92 Å². The second-order valence-corrected chi connectivity index (χ2v) is 5.87. The molecule has 2 N–H and O–H groups in total. The maximum Gasteiger partial charge on any atom is 0.119 e. The maximum absolute atomic E-state index is 5.94. The molecule has 0 amide bonds. The van der Waals surface area contributed by atoms with Crippen LogP contribution in [-0.2, 0) is 0 Å². The molecular formula is C20H27NO2. The lowest BCUT2D eigenvalue weighted by Crippen LogP contribution is -2.13. The minimum Gasteiger partial charge on any atom is -0.497 e. The Morgan fingerprint density at radius 1 is 1.00 bits per heavy atom. The van der Waals surface area contributed by atoms with Gasteiger partial charge in [0.15, 0.2) is 0 Å². The third kappa shape index (κ3) is 5.61. The largest absolute Gasteiger partial charge is 0.497 e. The summed E-state index contributed by atoms with van der Waals surface area (Å²) < 4.78 is 11.1. The lowest BCUT2D eigenvalue weighted by atomic mass is 9.93. The molecule has 0 aliphatic heterocycles. The highest BCUT2D eigenvalue weighted by molar-refractivity contribution is 5.31.